The Balaban J connectivity index is 2.83. The molecule has 1 rings (SSSR count). The zero-order valence-electron chi connectivity index (χ0n) is 8.96. The molecule has 0 heterocycles. The van der Waals surface area contributed by atoms with Crippen molar-refractivity contribution in [1.82, 2.24) is 4.90 Å². The molecule has 14 heavy (non-hydrogen) atoms. The molecular formula is C12H16N2. The van der Waals surface area contributed by atoms with Gasteiger partial charge in [-0.1, -0.05) is 17.9 Å². The maximum absolute atomic E-state index is 5.79. The summed E-state index contributed by atoms with van der Waals surface area (Å²) >= 11 is 0. The molecule has 0 amide bonds. The van der Waals surface area contributed by atoms with E-state index in [1.807, 2.05) is 44.1 Å². The van der Waals surface area contributed by atoms with Crippen molar-refractivity contribution in [3.8, 4) is 11.8 Å². The molecule has 0 saturated carbocycles. The lowest BCUT2D eigenvalue weighted by Gasteiger charge is -2.02. The minimum Gasteiger partial charge on any atom is -0.398 e. The van der Waals surface area contributed by atoms with E-state index in [1.54, 1.807) is 0 Å². The van der Waals surface area contributed by atoms with Crippen molar-refractivity contribution in [1.29, 1.82) is 0 Å². The molecule has 0 fully saturated rings. The maximum Gasteiger partial charge on any atom is 0.0600 e. The van der Waals surface area contributed by atoms with Crippen molar-refractivity contribution in [3.63, 3.8) is 0 Å². The van der Waals surface area contributed by atoms with Gasteiger partial charge in [-0.05, 0) is 38.7 Å². The smallest absolute Gasteiger partial charge is 0.0600 e. The lowest BCUT2D eigenvalue weighted by atomic mass is 10.1. The molecule has 0 aromatic heterocycles. The third-order valence-corrected chi connectivity index (χ3v) is 1.83. The fourth-order valence-electron chi connectivity index (χ4n) is 1.07. The summed E-state index contributed by atoms with van der Waals surface area (Å²) in [6, 6.07) is 5.90. The van der Waals surface area contributed by atoms with E-state index in [0.717, 1.165) is 17.8 Å². The highest BCUT2D eigenvalue weighted by Crippen LogP contribution is 2.11. The van der Waals surface area contributed by atoms with Crippen LogP contribution in [0.2, 0.25) is 0 Å². The van der Waals surface area contributed by atoms with E-state index in [1.165, 1.54) is 5.56 Å². The Labute approximate surface area is 85.7 Å². The van der Waals surface area contributed by atoms with Gasteiger partial charge in [0.05, 0.1) is 6.54 Å². The zero-order chi connectivity index (χ0) is 10.6. The third kappa shape index (κ3) is 3.12. The maximum atomic E-state index is 5.79. The molecular weight excluding hydrogens is 172 g/mol. The topological polar surface area (TPSA) is 29.3 Å². The summed E-state index contributed by atoms with van der Waals surface area (Å²) in [5.41, 5.74) is 8.65. The molecule has 2 heteroatoms. The lowest BCUT2D eigenvalue weighted by molar-refractivity contribution is 0.464. The predicted molar refractivity (Wildman–Crippen MR) is 61.0 cm³/mol. The fourth-order valence-corrected chi connectivity index (χ4v) is 1.07. The predicted octanol–water partition coefficient (Wildman–Crippen LogP) is 1.49. The van der Waals surface area contributed by atoms with Gasteiger partial charge in [-0.25, -0.2) is 0 Å². The SMILES string of the molecule is Cc1ccc(N)c(C#CCN(C)C)c1. The van der Waals surface area contributed by atoms with E-state index < -0.39 is 0 Å². The first-order valence-electron chi connectivity index (χ1n) is 4.59. The molecule has 0 aliphatic heterocycles. The van der Waals surface area contributed by atoms with Crippen LogP contribution in [-0.2, 0) is 0 Å². The molecule has 0 unspecified atom stereocenters. The number of nitrogens with two attached hydrogens (primary N) is 1. The molecule has 0 bridgehead atoms. The Bertz CT molecular complexity index is 370. The van der Waals surface area contributed by atoms with Crippen LogP contribution in [-0.4, -0.2) is 25.5 Å². The van der Waals surface area contributed by atoms with Gasteiger partial charge in [0.15, 0.2) is 0 Å². The van der Waals surface area contributed by atoms with Crippen LogP contribution in [0.15, 0.2) is 18.2 Å². The molecule has 0 aliphatic carbocycles. The highest BCUT2D eigenvalue weighted by Gasteiger charge is 1.94. The Hall–Kier alpha value is -1.46. The summed E-state index contributed by atoms with van der Waals surface area (Å²) in [6.07, 6.45) is 0. The lowest BCUT2D eigenvalue weighted by Crippen LogP contribution is -2.10. The second-order valence-corrected chi connectivity index (χ2v) is 3.63. The normalized spacial score (nSPS) is 9.71. The van der Waals surface area contributed by atoms with Crippen molar-refractivity contribution in [2.24, 2.45) is 0 Å². The van der Waals surface area contributed by atoms with Crippen molar-refractivity contribution >= 4 is 5.69 Å². The first-order valence-corrected chi connectivity index (χ1v) is 4.59. The first-order chi connectivity index (χ1) is 6.59. The van der Waals surface area contributed by atoms with Crippen LogP contribution in [0.3, 0.4) is 0 Å². The van der Waals surface area contributed by atoms with Crippen LogP contribution in [0.4, 0.5) is 5.69 Å². The van der Waals surface area contributed by atoms with Gasteiger partial charge in [0.1, 0.15) is 0 Å². The first kappa shape index (κ1) is 10.6. The molecule has 1 aromatic rings. The van der Waals surface area contributed by atoms with E-state index in [4.69, 9.17) is 5.73 Å². The van der Waals surface area contributed by atoms with Gasteiger partial charge in [0.25, 0.3) is 0 Å². The molecule has 0 spiro atoms. The number of anilines is 1. The molecule has 1 aromatic carbocycles. The molecule has 0 aliphatic rings. The molecule has 2 N–H and O–H groups in total. The minimum atomic E-state index is 0.752. The highest BCUT2D eigenvalue weighted by molar-refractivity contribution is 5.56. The van der Waals surface area contributed by atoms with Crippen LogP contribution >= 0.6 is 0 Å². The van der Waals surface area contributed by atoms with Gasteiger partial charge in [-0.2, -0.15) is 0 Å². The molecule has 2 nitrogen and oxygen atoms in total. The number of hydrogen-bond acceptors (Lipinski definition) is 2. The average Bonchev–Trinajstić information content (AvgIpc) is 2.10. The van der Waals surface area contributed by atoms with Crippen molar-refractivity contribution in [2.75, 3.05) is 26.4 Å². The summed E-state index contributed by atoms with van der Waals surface area (Å²) < 4.78 is 0. The monoisotopic (exact) mass is 188 g/mol. The van der Waals surface area contributed by atoms with E-state index in [-0.39, 0.29) is 0 Å². The number of aryl methyl sites for hydroxylation is 1. The van der Waals surface area contributed by atoms with Crippen molar-refractivity contribution in [2.45, 2.75) is 6.92 Å². The van der Waals surface area contributed by atoms with Crippen LogP contribution in [0, 0.1) is 18.8 Å². The van der Waals surface area contributed by atoms with Gasteiger partial charge < -0.3 is 5.73 Å². The standard InChI is InChI=1S/C12H16N2/c1-10-6-7-12(13)11(9-10)5-4-8-14(2)3/h6-7,9H,8,13H2,1-3H3. The summed E-state index contributed by atoms with van der Waals surface area (Å²) in [5, 5.41) is 0. The largest absolute Gasteiger partial charge is 0.398 e. The van der Waals surface area contributed by atoms with Crippen LogP contribution in [0.25, 0.3) is 0 Å². The summed E-state index contributed by atoms with van der Waals surface area (Å²) in [7, 11) is 3.99. The highest BCUT2D eigenvalue weighted by atomic mass is 15.0. The second kappa shape index (κ2) is 4.69. The zero-order valence-corrected chi connectivity index (χ0v) is 8.96. The second-order valence-electron chi connectivity index (χ2n) is 3.63. The van der Waals surface area contributed by atoms with Crippen molar-refractivity contribution < 1.29 is 0 Å². The van der Waals surface area contributed by atoms with Crippen LogP contribution in [0.5, 0.6) is 0 Å². The fraction of sp³-hybridized carbons (Fsp3) is 0.333. The Morgan fingerprint density at radius 1 is 1.36 bits per heavy atom. The number of benzene rings is 1. The number of rotatable bonds is 1. The molecule has 74 valence electrons. The minimum absolute atomic E-state index is 0.752. The van der Waals surface area contributed by atoms with Crippen LogP contribution < -0.4 is 5.73 Å². The number of nitrogen functional groups attached to an aromatic ring is 1. The summed E-state index contributed by atoms with van der Waals surface area (Å²) in [5.74, 6) is 6.13. The molecule has 0 atom stereocenters. The van der Waals surface area contributed by atoms with Gasteiger partial charge >= 0.3 is 0 Å². The van der Waals surface area contributed by atoms with Gasteiger partial charge in [-0.15, -0.1) is 0 Å². The van der Waals surface area contributed by atoms with Crippen molar-refractivity contribution in [3.05, 3.63) is 29.3 Å². The third-order valence-electron chi connectivity index (χ3n) is 1.83. The van der Waals surface area contributed by atoms with Gasteiger partial charge in [0, 0.05) is 11.3 Å². The average molecular weight is 188 g/mol. The van der Waals surface area contributed by atoms with E-state index in [9.17, 15) is 0 Å². The number of nitrogens with zero attached hydrogens (tertiary/aromatic N) is 1. The Kier molecular flexibility index (Phi) is 3.55. The summed E-state index contributed by atoms with van der Waals surface area (Å²) in [4.78, 5) is 2.03. The molecule has 0 radical (unpaired) electrons. The summed E-state index contributed by atoms with van der Waals surface area (Å²) in [6.45, 7) is 2.80. The Morgan fingerprint density at radius 2 is 2.07 bits per heavy atom. The quantitative estimate of drug-likeness (QED) is 0.534. The van der Waals surface area contributed by atoms with Gasteiger partial charge in [0.2, 0.25) is 0 Å². The van der Waals surface area contributed by atoms with Gasteiger partial charge in [-0.3, -0.25) is 4.90 Å². The van der Waals surface area contributed by atoms with E-state index in [2.05, 4.69) is 11.8 Å². The van der Waals surface area contributed by atoms with E-state index in [0.29, 0.717) is 0 Å². The van der Waals surface area contributed by atoms with E-state index >= 15 is 0 Å². The van der Waals surface area contributed by atoms with Crippen LogP contribution in [0.1, 0.15) is 11.1 Å². The number of hydrogen-bond donors (Lipinski definition) is 1. The Morgan fingerprint density at radius 3 is 2.71 bits per heavy atom. The molecule has 0 saturated heterocycles.